The number of anilines is 1. The van der Waals surface area contributed by atoms with E-state index in [-0.39, 0.29) is 33.6 Å². The fourth-order valence-corrected chi connectivity index (χ4v) is 5.70. The molecule has 0 aliphatic heterocycles. The van der Waals surface area contributed by atoms with Crippen molar-refractivity contribution in [3.8, 4) is 5.75 Å². The number of hydrogen-bond acceptors (Lipinski definition) is 6. The maximum atomic E-state index is 13.2. The van der Waals surface area contributed by atoms with Crippen LogP contribution in [0.15, 0.2) is 47.4 Å². The number of hydrogen-bond donors (Lipinski definition) is 1. The van der Waals surface area contributed by atoms with E-state index in [0.717, 1.165) is 32.1 Å². The molecule has 0 bridgehead atoms. The number of rotatable bonds is 8. The highest BCUT2D eigenvalue weighted by Gasteiger charge is 2.31. The summed E-state index contributed by atoms with van der Waals surface area (Å²) in [5.41, 5.74) is 0.181. The average molecular weight is 462 g/mol. The van der Waals surface area contributed by atoms with Gasteiger partial charge >= 0.3 is 0 Å². The molecule has 1 N–H and O–H groups in total. The molecule has 0 saturated heterocycles. The average Bonchev–Trinajstić information content (AvgIpc) is 2.80. The number of benzene rings is 2. The lowest BCUT2D eigenvalue weighted by Gasteiger charge is -2.32. The van der Waals surface area contributed by atoms with Gasteiger partial charge in [0.2, 0.25) is 10.0 Å². The van der Waals surface area contributed by atoms with Crippen LogP contribution in [0.25, 0.3) is 0 Å². The number of nitrogens with one attached hydrogen (secondary N) is 1. The van der Waals surface area contributed by atoms with Crippen LogP contribution in [-0.4, -0.2) is 43.2 Å². The number of methoxy groups -OCH3 is 1. The number of ether oxygens (including phenoxy) is 1. The molecule has 9 nitrogen and oxygen atoms in total. The molecule has 0 spiro atoms. The molecule has 0 radical (unpaired) electrons. The number of sulfonamides is 1. The summed E-state index contributed by atoms with van der Waals surface area (Å²) in [6.07, 6.45) is 4.90. The van der Waals surface area contributed by atoms with Crippen molar-refractivity contribution in [1.29, 1.82) is 0 Å². The van der Waals surface area contributed by atoms with Gasteiger partial charge in [0, 0.05) is 30.3 Å². The van der Waals surface area contributed by atoms with Crippen molar-refractivity contribution in [2.45, 2.75) is 50.0 Å². The molecule has 172 valence electrons. The molecule has 3 rings (SSSR count). The molecule has 0 atom stereocenters. The predicted molar refractivity (Wildman–Crippen MR) is 120 cm³/mol. The van der Waals surface area contributed by atoms with Crippen LogP contribution in [-0.2, 0) is 10.0 Å². The van der Waals surface area contributed by atoms with Crippen molar-refractivity contribution in [1.82, 2.24) is 4.31 Å². The smallest absolute Gasteiger partial charge is 0.271 e. The van der Waals surface area contributed by atoms with Gasteiger partial charge in [-0.3, -0.25) is 14.9 Å². The highest BCUT2D eigenvalue weighted by molar-refractivity contribution is 7.89. The second-order valence-corrected chi connectivity index (χ2v) is 9.51. The summed E-state index contributed by atoms with van der Waals surface area (Å²) in [7, 11) is -2.28. The second kappa shape index (κ2) is 10.1. The van der Waals surface area contributed by atoms with E-state index in [0.29, 0.717) is 6.54 Å². The molecule has 1 aliphatic rings. The Kier molecular flexibility index (Phi) is 7.47. The minimum absolute atomic E-state index is 0.00283. The van der Waals surface area contributed by atoms with Crippen LogP contribution >= 0.6 is 0 Å². The first-order valence-corrected chi connectivity index (χ1v) is 12.0. The Morgan fingerprint density at radius 2 is 1.81 bits per heavy atom. The lowest BCUT2D eigenvalue weighted by Crippen LogP contribution is -2.41. The molecule has 0 unspecified atom stereocenters. The normalized spacial score (nSPS) is 14.8. The number of amides is 1. The largest absolute Gasteiger partial charge is 0.495 e. The van der Waals surface area contributed by atoms with Crippen molar-refractivity contribution in [3.05, 3.63) is 58.1 Å². The van der Waals surface area contributed by atoms with Gasteiger partial charge in [0.1, 0.15) is 5.75 Å². The lowest BCUT2D eigenvalue weighted by atomic mass is 9.95. The number of nitro benzene ring substituents is 1. The first kappa shape index (κ1) is 23.7. The lowest BCUT2D eigenvalue weighted by molar-refractivity contribution is -0.384. The van der Waals surface area contributed by atoms with Gasteiger partial charge in [-0.25, -0.2) is 8.42 Å². The highest BCUT2D eigenvalue weighted by atomic mass is 32.2. The van der Waals surface area contributed by atoms with Crippen LogP contribution in [0.2, 0.25) is 0 Å². The molecule has 1 fully saturated rings. The molecule has 0 heterocycles. The first-order chi connectivity index (χ1) is 15.3. The highest BCUT2D eigenvalue weighted by Crippen LogP contribution is 2.30. The van der Waals surface area contributed by atoms with Crippen molar-refractivity contribution in [3.63, 3.8) is 0 Å². The number of non-ortho nitro benzene ring substituents is 1. The van der Waals surface area contributed by atoms with Crippen LogP contribution in [0.3, 0.4) is 0 Å². The summed E-state index contributed by atoms with van der Waals surface area (Å²) in [6, 6.07) is 9.58. The van der Waals surface area contributed by atoms with E-state index in [1.807, 2.05) is 6.92 Å². The van der Waals surface area contributed by atoms with Crippen LogP contribution in [0, 0.1) is 10.1 Å². The topological polar surface area (TPSA) is 119 Å². The van der Waals surface area contributed by atoms with Gasteiger partial charge in [-0.15, -0.1) is 0 Å². The maximum Gasteiger partial charge on any atom is 0.271 e. The zero-order chi connectivity index (χ0) is 23.3. The minimum Gasteiger partial charge on any atom is -0.495 e. The first-order valence-electron chi connectivity index (χ1n) is 10.5. The summed E-state index contributed by atoms with van der Waals surface area (Å²) >= 11 is 0. The van der Waals surface area contributed by atoms with E-state index < -0.39 is 20.9 Å². The monoisotopic (exact) mass is 461 g/mol. The molecule has 1 aliphatic carbocycles. The zero-order valence-electron chi connectivity index (χ0n) is 18.1. The van der Waals surface area contributed by atoms with Gasteiger partial charge in [0.15, 0.2) is 0 Å². The Balaban J connectivity index is 1.80. The van der Waals surface area contributed by atoms with Crippen molar-refractivity contribution in [2.75, 3.05) is 19.0 Å². The Bertz CT molecular complexity index is 1080. The number of nitrogens with zero attached hydrogens (tertiary/aromatic N) is 2. The summed E-state index contributed by atoms with van der Waals surface area (Å²) in [5.74, 6) is -0.262. The molecule has 2 aromatic carbocycles. The molecular weight excluding hydrogens is 434 g/mol. The van der Waals surface area contributed by atoms with E-state index in [4.69, 9.17) is 4.74 Å². The second-order valence-electron chi connectivity index (χ2n) is 7.62. The molecule has 1 saturated carbocycles. The van der Waals surface area contributed by atoms with Gasteiger partial charge in [-0.2, -0.15) is 4.31 Å². The van der Waals surface area contributed by atoms with E-state index in [1.165, 1.54) is 49.6 Å². The number of carbonyl (C=O) groups is 1. The van der Waals surface area contributed by atoms with Crippen LogP contribution in [0.5, 0.6) is 5.75 Å². The summed E-state index contributed by atoms with van der Waals surface area (Å²) in [4.78, 5) is 23.3. The van der Waals surface area contributed by atoms with Gasteiger partial charge in [0.05, 0.1) is 22.6 Å². The van der Waals surface area contributed by atoms with Crippen LogP contribution in [0.1, 0.15) is 49.4 Å². The third-order valence-corrected chi connectivity index (χ3v) is 7.70. The van der Waals surface area contributed by atoms with E-state index in [1.54, 1.807) is 4.31 Å². The van der Waals surface area contributed by atoms with E-state index in [2.05, 4.69) is 5.32 Å². The molecular formula is C22H27N3O6S. The fraction of sp³-hybridized carbons (Fsp3) is 0.409. The zero-order valence-corrected chi connectivity index (χ0v) is 18.9. The standard InChI is InChI=1S/C22H27N3O6S/c1-3-24(17-7-5-4-6-8-17)32(29,30)19-12-9-16(10-13-19)22(26)23-20-15-18(25(27)28)11-14-21(20)31-2/h9-15,17H,3-8H2,1-2H3,(H,23,26). The molecule has 0 aromatic heterocycles. The van der Waals surface area contributed by atoms with Crippen molar-refractivity contribution >= 4 is 27.3 Å². The Hall–Kier alpha value is -2.98. The third kappa shape index (κ3) is 5.08. The predicted octanol–water partition coefficient (Wildman–Crippen LogP) is 4.20. The van der Waals surface area contributed by atoms with Gasteiger partial charge in [-0.05, 0) is 43.2 Å². The number of carbonyl (C=O) groups excluding carboxylic acids is 1. The van der Waals surface area contributed by atoms with Crippen molar-refractivity contribution < 1.29 is 22.9 Å². The summed E-state index contributed by atoms with van der Waals surface area (Å²) in [6.45, 7) is 2.22. The van der Waals surface area contributed by atoms with Gasteiger partial charge in [-0.1, -0.05) is 26.2 Å². The SMILES string of the molecule is CCN(C1CCCCC1)S(=O)(=O)c1ccc(C(=O)Nc2cc([N+](=O)[O-])ccc2OC)cc1. The Morgan fingerprint density at radius 1 is 1.16 bits per heavy atom. The minimum atomic E-state index is -3.67. The third-order valence-electron chi connectivity index (χ3n) is 5.66. The van der Waals surface area contributed by atoms with Crippen LogP contribution in [0.4, 0.5) is 11.4 Å². The number of nitro groups is 1. The van der Waals surface area contributed by atoms with Gasteiger partial charge in [0.25, 0.3) is 11.6 Å². The maximum absolute atomic E-state index is 13.2. The molecule has 32 heavy (non-hydrogen) atoms. The molecule has 10 heteroatoms. The van der Waals surface area contributed by atoms with E-state index in [9.17, 15) is 23.3 Å². The molecule has 1 amide bonds. The van der Waals surface area contributed by atoms with Crippen LogP contribution < -0.4 is 10.1 Å². The summed E-state index contributed by atoms with van der Waals surface area (Å²) in [5, 5.41) is 13.6. The quantitative estimate of drug-likeness (QED) is 0.465. The molecule has 2 aromatic rings. The van der Waals surface area contributed by atoms with E-state index >= 15 is 0 Å². The van der Waals surface area contributed by atoms with Crippen molar-refractivity contribution in [2.24, 2.45) is 0 Å². The van der Waals surface area contributed by atoms with Gasteiger partial charge < -0.3 is 10.1 Å². The summed E-state index contributed by atoms with van der Waals surface area (Å²) < 4.78 is 33.0. The fourth-order valence-electron chi connectivity index (χ4n) is 4.01. The Morgan fingerprint density at radius 3 is 2.38 bits per heavy atom. The Labute approximate surface area is 187 Å².